The van der Waals surface area contributed by atoms with E-state index < -0.39 is 11.6 Å². The third kappa shape index (κ3) is 3.44. The Labute approximate surface area is 179 Å². The van der Waals surface area contributed by atoms with Crippen LogP contribution in [-0.2, 0) is 0 Å². The first-order valence-electron chi connectivity index (χ1n) is 10.1. The lowest BCUT2D eigenvalue weighted by atomic mass is 9.77. The van der Waals surface area contributed by atoms with Gasteiger partial charge in [-0.1, -0.05) is 19.1 Å². The zero-order valence-corrected chi connectivity index (χ0v) is 17.4. The summed E-state index contributed by atoms with van der Waals surface area (Å²) in [7, 11) is 0. The van der Waals surface area contributed by atoms with Crippen molar-refractivity contribution in [3.05, 3.63) is 40.7 Å². The first-order chi connectivity index (χ1) is 13.9. The van der Waals surface area contributed by atoms with E-state index in [1.54, 1.807) is 6.07 Å². The lowest BCUT2D eigenvalue weighted by molar-refractivity contribution is 0.143. The molecule has 2 aliphatic carbocycles. The highest BCUT2D eigenvalue weighted by Gasteiger charge is 2.40. The normalized spacial score (nSPS) is 27.6. The van der Waals surface area contributed by atoms with Crippen molar-refractivity contribution in [2.24, 2.45) is 23.5 Å². The molecule has 2 fully saturated rings. The fraction of sp³-hybridized carbons (Fsp3) is 0.476. The summed E-state index contributed by atoms with van der Waals surface area (Å²) in [6.07, 6.45) is 6.26. The molecule has 0 aromatic carbocycles. The number of halogens is 1. The maximum absolute atomic E-state index is 12.7. The van der Waals surface area contributed by atoms with Crippen molar-refractivity contribution in [3.63, 3.8) is 0 Å². The van der Waals surface area contributed by atoms with Crippen LogP contribution in [0.5, 0.6) is 5.75 Å². The fourth-order valence-electron chi connectivity index (χ4n) is 4.76. The average molecular weight is 433 g/mol. The molecule has 1 aliphatic heterocycles. The molecule has 160 valence electrons. The largest absolute Gasteiger partial charge is 0.511 e. The standard InChI is InChI=1S/C21H24N4O4.ClH/c1-11-2-6-16(22)15-9-24(8-14(11)15)18-7-5-13-19(26)17(29-21(27)28)10-25(12-3-4-12)20(13)23-18;/h2,5-7,10-12,14-16H,3-4,8-9,22H2,1H3,(H,27,28);1H. The number of anilines is 1. The highest BCUT2D eigenvalue weighted by molar-refractivity contribution is 5.85. The van der Waals surface area contributed by atoms with Gasteiger partial charge in [-0.05, 0) is 36.8 Å². The van der Waals surface area contributed by atoms with Gasteiger partial charge in [0.2, 0.25) is 5.43 Å². The number of hydrogen-bond acceptors (Lipinski definition) is 6. The number of nitrogens with zero attached hydrogens (tertiary/aromatic N) is 3. The number of carboxylic acid groups (broad SMARTS) is 1. The first kappa shape index (κ1) is 20.7. The lowest BCUT2D eigenvalue weighted by Gasteiger charge is -2.30. The smallest absolute Gasteiger partial charge is 0.449 e. The highest BCUT2D eigenvalue weighted by Crippen LogP contribution is 2.39. The van der Waals surface area contributed by atoms with Gasteiger partial charge in [0.15, 0.2) is 5.75 Å². The van der Waals surface area contributed by atoms with Crippen LogP contribution in [0.4, 0.5) is 10.6 Å². The van der Waals surface area contributed by atoms with E-state index in [1.165, 1.54) is 6.20 Å². The number of rotatable bonds is 3. The van der Waals surface area contributed by atoms with Gasteiger partial charge in [0, 0.05) is 31.1 Å². The summed E-state index contributed by atoms with van der Waals surface area (Å²) in [5, 5.41) is 9.31. The number of pyridine rings is 2. The minimum Gasteiger partial charge on any atom is -0.449 e. The van der Waals surface area contributed by atoms with Crippen molar-refractivity contribution >= 4 is 35.4 Å². The van der Waals surface area contributed by atoms with E-state index in [0.717, 1.165) is 31.7 Å². The Morgan fingerprint density at radius 1 is 1.23 bits per heavy atom. The Kier molecular flexibility index (Phi) is 5.23. The minimum absolute atomic E-state index is 0. The molecule has 3 aliphatic rings. The summed E-state index contributed by atoms with van der Waals surface area (Å²) in [6.45, 7) is 3.95. The lowest BCUT2D eigenvalue weighted by Crippen LogP contribution is -2.38. The number of fused-ring (bicyclic) bond motifs is 2. The number of ether oxygens (including phenoxy) is 1. The van der Waals surface area contributed by atoms with Crippen LogP contribution in [0.3, 0.4) is 0 Å². The van der Waals surface area contributed by atoms with E-state index in [2.05, 4.69) is 24.0 Å². The van der Waals surface area contributed by atoms with E-state index in [-0.39, 0.29) is 30.2 Å². The van der Waals surface area contributed by atoms with E-state index in [4.69, 9.17) is 20.6 Å². The summed E-state index contributed by atoms with van der Waals surface area (Å²) in [5.74, 6) is 2.01. The summed E-state index contributed by atoms with van der Waals surface area (Å²) in [5.41, 5.74) is 6.45. The third-order valence-electron chi connectivity index (χ3n) is 6.51. The van der Waals surface area contributed by atoms with Crippen LogP contribution in [0.25, 0.3) is 11.0 Å². The van der Waals surface area contributed by atoms with Crippen LogP contribution >= 0.6 is 12.4 Å². The predicted octanol–water partition coefficient (Wildman–Crippen LogP) is 2.80. The number of aromatic nitrogens is 2. The molecule has 9 heteroatoms. The molecule has 4 unspecified atom stereocenters. The van der Waals surface area contributed by atoms with Gasteiger partial charge < -0.3 is 25.0 Å². The second-order valence-electron chi connectivity index (χ2n) is 8.42. The molecule has 1 saturated heterocycles. The van der Waals surface area contributed by atoms with E-state index in [1.807, 2.05) is 10.6 Å². The second-order valence-corrected chi connectivity index (χ2v) is 8.42. The highest BCUT2D eigenvalue weighted by atomic mass is 35.5. The quantitative estimate of drug-likeness (QED) is 0.566. The van der Waals surface area contributed by atoms with E-state index >= 15 is 0 Å². The summed E-state index contributed by atoms with van der Waals surface area (Å²) < 4.78 is 6.60. The number of nitrogens with two attached hydrogens (primary N) is 1. The van der Waals surface area contributed by atoms with Gasteiger partial charge in [-0.25, -0.2) is 9.78 Å². The topological polar surface area (TPSA) is 111 Å². The second kappa shape index (κ2) is 7.59. The van der Waals surface area contributed by atoms with Crippen LogP contribution in [0.15, 0.2) is 35.3 Å². The molecule has 0 radical (unpaired) electrons. The minimum atomic E-state index is -1.49. The van der Waals surface area contributed by atoms with Crippen LogP contribution in [0.2, 0.25) is 0 Å². The summed E-state index contributed by atoms with van der Waals surface area (Å²) in [4.78, 5) is 30.7. The molecule has 1 saturated carbocycles. The van der Waals surface area contributed by atoms with Gasteiger partial charge in [-0.3, -0.25) is 4.79 Å². The molecule has 3 heterocycles. The van der Waals surface area contributed by atoms with Crippen LogP contribution < -0.4 is 20.8 Å². The molecule has 0 amide bonds. The van der Waals surface area contributed by atoms with Gasteiger partial charge in [-0.15, -0.1) is 12.4 Å². The zero-order chi connectivity index (χ0) is 20.3. The molecular weight excluding hydrogens is 408 g/mol. The Morgan fingerprint density at radius 3 is 2.63 bits per heavy atom. The van der Waals surface area contributed by atoms with Crippen molar-refractivity contribution in [2.75, 3.05) is 18.0 Å². The third-order valence-corrected chi connectivity index (χ3v) is 6.51. The monoisotopic (exact) mass is 432 g/mol. The molecule has 30 heavy (non-hydrogen) atoms. The van der Waals surface area contributed by atoms with Crippen molar-refractivity contribution in [1.29, 1.82) is 0 Å². The van der Waals surface area contributed by atoms with Crippen LogP contribution in [-0.4, -0.2) is 39.9 Å². The maximum Gasteiger partial charge on any atom is 0.511 e. The van der Waals surface area contributed by atoms with Crippen LogP contribution in [0.1, 0.15) is 25.8 Å². The first-order valence-corrected chi connectivity index (χ1v) is 10.1. The Morgan fingerprint density at radius 2 is 1.97 bits per heavy atom. The summed E-state index contributed by atoms with van der Waals surface area (Å²) >= 11 is 0. The van der Waals surface area contributed by atoms with E-state index in [9.17, 15) is 9.59 Å². The number of allylic oxidation sites excluding steroid dienone is 1. The molecule has 8 nitrogen and oxygen atoms in total. The predicted molar refractivity (Wildman–Crippen MR) is 116 cm³/mol. The number of hydrogen-bond donors (Lipinski definition) is 2. The maximum atomic E-state index is 12.7. The van der Waals surface area contributed by atoms with Crippen molar-refractivity contribution in [3.8, 4) is 5.75 Å². The SMILES string of the molecule is CC1C=CC(N)C2CN(c3ccc4c(=O)c(OC(=O)O)cn(C5CC5)c4n3)CC12.Cl. The molecule has 3 N–H and O–H groups in total. The van der Waals surface area contributed by atoms with Gasteiger partial charge in [-0.2, -0.15) is 0 Å². The summed E-state index contributed by atoms with van der Waals surface area (Å²) in [6, 6.07) is 3.85. The molecule has 2 aromatic rings. The molecular formula is C21H25ClN4O4. The van der Waals surface area contributed by atoms with Crippen LogP contribution in [0, 0.1) is 17.8 Å². The fourth-order valence-corrected chi connectivity index (χ4v) is 4.76. The average Bonchev–Trinajstić information content (AvgIpc) is 3.43. The zero-order valence-electron chi connectivity index (χ0n) is 16.6. The Hall–Kier alpha value is -2.58. The Bertz CT molecular complexity index is 1060. The molecule has 2 aromatic heterocycles. The van der Waals surface area contributed by atoms with Gasteiger partial charge in [0.25, 0.3) is 0 Å². The van der Waals surface area contributed by atoms with Crippen molar-refractivity contribution < 1.29 is 14.6 Å². The van der Waals surface area contributed by atoms with Crippen molar-refractivity contribution in [2.45, 2.75) is 31.8 Å². The molecule has 4 atom stereocenters. The van der Waals surface area contributed by atoms with Gasteiger partial charge >= 0.3 is 6.16 Å². The Balaban J connectivity index is 0.00000218. The number of carbonyl (C=O) groups is 1. The molecule has 0 spiro atoms. The van der Waals surface area contributed by atoms with Gasteiger partial charge in [0.05, 0.1) is 11.6 Å². The molecule has 0 bridgehead atoms. The van der Waals surface area contributed by atoms with Crippen molar-refractivity contribution in [1.82, 2.24) is 9.55 Å². The van der Waals surface area contributed by atoms with Gasteiger partial charge in [0.1, 0.15) is 11.5 Å². The van der Waals surface area contributed by atoms with E-state index in [0.29, 0.717) is 28.8 Å². The molecule has 5 rings (SSSR count).